The normalized spacial score (nSPS) is 15.7. The van der Waals surface area contributed by atoms with E-state index in [4.69, 9.17) is 0 Å². The van der Waals surface area contributed by atoms with Crippen molar-refractivity contribution < 1.29 is 4.79 Å². The maximum atomic E-state index is 12.2. The van der Waals surface area contributed by atoms with Gasteiger partial charge in [0.05, 0.1) is 18.2 Å². The van der Waals surface area contributed by atoms with E-state index in [0.717, 1.165) is 11.4 Å². The zero-order valence-corrected chi connectivity index (χ0v) is 11.7. The lowest BCUT2D eigenvalue weighted by atomic mass is 10.1. The van der Waals surface area contributed by atoms with Crippen LogP contribution >= 0.6 is 0 Å². The summed E-state index contributed by atoms with van der Waals surface area (Å²) in [4.78, 5) is 16.3. The molecular formula is C16H19N3O. The van der Waals surface area contributed by atoms with E-state index < -0.39 is 0 Å². The Hall–Kier alpha value is -1.97. The van der Waals surface area contributed by atoms with Gasteiger partial charge in [0.15, 0.2) is 5.78 Å². The van der Waals surface area contributed by atoms with E-state index in [9.17, 15) is 4.79 Å². The van der Waals surface area contributed by atoms with Crippen LogP contribution in [0.3, 0.4) is 0 Å². The Morgan fingerprint density at radius 2 is 2.10 bits per heavy atom. The number of rotatable bonds is 4. The van der Waals surface area contributed by atoms with Gasteiger partial charge in [-0.1, -0.05) is 12.8 Å². The van der Waals surface area contributed by atoms with Crippen LogP contribution < -0.4 is 0 Å². The van der Waals surface area contributed by atoms with Crippen molar-refractivity contribution in [3.63, 3.8) is 0 Å². The molecule has 0 aliphatic heterocycles. The van der Waals surface area contributed by atoms with E-state index in [1.54, 1.807) is 6.20 Å². The van der Waals surface area contributed by atoms with Crippen LogP contribution in [0.15, 0.2) is 30.6 Å². The Morgan fingerprint density at radius 3 is 2.80 bits per heavy atom. The van der Waals surface area contributed by atoms with Gasteiger partial charge < -0.3 is 0 Å². The molecule has 0 N–H and O–H groups in total. The first-order chi connectivity index (χ1) is 9.72. The van der Waals surface area contributed by atoms with Gasteiger partial charge in [0.25, 0.3) is 0 Å². The fraction of sp³-hybridized carbons (Fsp3) is 0.438. The van der Waals surface area contributed by atoms with Gasteiger partial charge in [0.2, 0.25) is 0 Å². The summed E-state index contributed by atoms with van der Waals surface area (Å²) >= 11 is 0. The molecule has 0 saturated heterocycles. The number of ketones is 1. The van der Waals surface area contributed by atoms with E-state index in [0.29, 0.717) is 18.0 Å². The molecule has 4 nitrogen and oxygen atoms in total. The highest BCUT2D eigenvalue weighted by Crippen LogP contribution is 2.28. The lowest BCUT2D eigenvalue weighted by Gasteiger charge is -2.08. The maximum Gasteiger partial charge on any atom is 0.170 e. The first-order valence-electron chi connectivity index (χ1n) is 7.22. The summed E-state index contributed by atoms with van der Waals surface area (Å²) in [5.74, 6) is 0.0779. The van der Waals surface area contributed by atoms with Crippen molar-refractivity contribution in [2.75, 3.05) is 0 Å². The van der Waals surface area contributed by atoms with Crippen molar-refractivity contribution in [2.24, 2.45) is 0 Å². The van der Waals surface area contributed by atoms with Crippen molar-refractivity contribution in [1.29, 1.82) is 0 Å². The highest BCUT2D eigenvalue weighted by atomic mass is 16.1. The van der Waals surface area contributed by atoms with Crippen molar-refractivity contribution in [3.05, 3.63) is 47.5 Å². The molecule has 3 rings (SSSR count). The lowest BCUT2D eigenvalue weighted by Crippen LogP contribution is -2.08. The SMILES string of the molecule is Cc1ccc(C(=O)Cc2ccn(C3CCCC3)n2)cn1. The van der Waals surface area contributed by atoms with E-state index >= 15 is 0 Å². The maximum absolute atomic E-state index is 12.2. The molecule has 1 saturated carbocycles. The first-order valence-corrected chi connectivity index (χ1v) is 7.22. The second-order valence-corrected chi connectivity index (χ2v) is 5.51. The number of carbonyl (C=O) groups excluding carboxylic acids is 1. The first kappa shape index (κ1) is 13.0. The number of hydrogen-bond acceptors (Lipinski definition) is 3. The van der Waals surface area contributed by atoms with Crippen LogP contribution in [0.5, 0.6) is 0 Å². The van der Waals surface area contributed by atoms with Gasteiger partial charge in [-0.3, -0.25) is 14.5 Å². The number of hydrogen-bond donors (Lipinski definition) is 0. The minimum Gasteiger partial charge on any atom is -0.294 e. The van der Waals surface area contributed by atoms with Crippen LogP contribution in [0, 0.1) is 6.92 Å². The average molecular weight is 269 g/mol. The second kappa shape index (κ2) is 5.57. The minimum atomic E-state index is 0.0779. The van der Waals surface area contributed by atoms with Gasteiger partial charge in [-0.15, -0.1) is 0 Å². The molecule has 0 aromatic carbocycles. The molecule has 0 amide bonds. The number of aromatic nitrogens is 3. The fourth-order valence-corrected chi connectivity index (χ4v) is 2.74. The molecule has 1 fully saturated rings. The Balaban J connectivity index is 1.68. The molecule has 2 aromatic heterocycles. The number of carbonyl (C=O) groups is 1. The zero-order chi connectivity index (χ0) is 13.9. The van der Waals surface area contributed by atoms with E-state index in [2.05, 4.69) is 10.1 Å². The van der Waals surface area contributed by atoms with Crippen LogP contribution in [0.1, 0.15) is 53.5 Å². The molecule has 20 heavy (non-hydrogen) atoms. The summed E-state index contributed by atoms with van der Waals surface area (Å²) in [6, 6.07) is 6.18. The van der Waals surface area contributed by atoms with Crippen LogP contribution in [0.2, 0.25) is 0 Å². The molecule has 2 aromatic rings. The van der Waals surface area contributed by atoms with Gasteiger partial charge in [-0.25, -0.2) is 0 Å². The quantitative estimate of drug-likeness (QED) is 0.801. The molecule has 0 radical (unpaired) electrons. The minimum absolute atomic E-state index is 0.0779. The fourth-order valence-electron chi connectivity index (χ4n) is 2.74. The molecule has 1 aliphatic rings. The van der Waals surface area contributed by atoms with Crippen LogP contribution in [-0.2, 0) is 6.42 Å². The average Bonchev–Trinajstić information content (AvgIpc) is 3.09. The third kappa shape index (κ3) is 2.79. The van der Waals surface area contributed by atoms with Crippen LogP contribution in [-0.4, -0.2) is 20.5 Å². The Morgan fingerprint density at radius 1 is 1.30 bits per heavy atom. The molecule has 0 bridgehead atoms. The monoisotopic (exact) mass is 269 g/mol. The molecule has 0 spiro atoms. The van der Waals surface area contributed by atoms with Crippen molar-refractivity contribution in [1.82, 2.24) is 14.8 Å². The standard InChI is InChI=1S/C16H19N3O/c1-12-6-7-13(11-17-12)16(20)10-14-8-9-19(18-14)15-4-2-3-5-15/h6-9,11,15H,2-5,10H2,1H3. The number of Topliss-reactive ketones (excluding diaryl/α,β-unsaturated/α-hetero) is 1. The van der Waals surface area contributed by atoms with Gasteiger partial charge >= 0.3 is 0 Å². The molecule has 4 heteroatoms. The van der Waals surface area contributed by atoms with E-state index in [1.165, 1.54) is 25.7 Å². The smallest absolute Gasteiger partial charge is 0.170 e. The van der Waals surface area contributed by atoms with Gasteiger partial charge in [-0.05, 0) is 38.0 Å². The van der Waals surface area contributed by atoms with Gasteiger partial charge in [0, 0.05) is 23.7 Å². The van der Waals surface area contributed by atoms with Crippen LogP contribution in [0.4, 0.5) is 0 Å². The highest BCUT2D eigenvalue weighted by Gasteiger charge is 2.18. The van der Waals surface area contributed by atoms with E-state index in [1.807, 2.05) is 36.0 Å². The molecular weight excluding hydrogens is 250 g/mol. The van der Waals surface area contributed by atoms with Gasteiger partial charge in [-0.2, -0.15) is 5.10 Å². The van der Waals surface area contributed by atoms with Gasteiger partial charge in [0.1, 0.15) is 0 Å². The second-order valence-electron chi connectivity index (χ2n) is 5.51. The third-order valence-electron chi connectivity index (χ3n) is 3.94. The molecule has 0 unspecified atom stereocenters. The van der Waals surface area contributed by atoms with Crippen molar-refractivity contribution in [3.8, 4) is 0 Å². The van der Waals surface area contributed by atoms with Crippen molar-refractivity contribution in [2.45, 2.75) is 45.1 Å². The molecule has 104 valence electrons. The number of nitrogens with zero attached hydrogens (tertiary/aromatic N) is 3. The predicted octanol–water partition coefficient (Wildman–Crippen LogP) is 3.13. The molecule has 0 atom stereocenters. The largest absolute Gasteiger partial charge is 0.294 e. The predicted molar refractivity (Wildman–Crippen MR) is 76.7 cm³/mol. The summed E-state index contributed by atoms with van der Waals surface area (Å²) in [6.45, 7) is 1.91. The van der Waals surface area contributed by atoms with E-state index in [-0.39, 0.29) is 5.78 Å². The number of aryl methyl sites for hydroxylation is 1. The zero-order valence-electron chi connectivity index (χ0n) is 11.7. The summed E-state index contributed by atoms with van der Waals surface area (Å²) in [5, 5.41) is 4.55. The van der Waals surface area contributed by atoms with Crippen LogP contribution in [0.25, 0.3) is 0 Å². The molecule has 1 aliphatic carbocycles. The summed E-state index contributed by atoms with van der Waals surface area (Å²) in [5.41, 5.74) is 2.43. The summed E-state index contributed by atoms with van der Waals surface area (Å²) in [6.07, 6.45) is 8.98. The van der Waals surface area contributed by atoms with Crippen molar-refractivity contribution >= 4 is 5.78 Å². The Labute approximate surface area is 118 Å². The highest BCUT2D eigenvalue weighted by molar-refractivity contribution is 5.96. The Kier molecular flexibility index (Phi) is 3.63. The Bertz CT molecular complexity index is 594. The third-order valence-corrected chi connectivity index (χ3v) is 3.94. The number of pyridine rings is 1. The topological polar surface area (TPSA) is 47.8 Å². The summed E-state index contributed by atoms with van der Waals surface area (Å²) in [7, 11) is 0. The molecule has 2 heterocycles. The summed E-state index contributed by atoms with van der Waals surface area (Å²) < 4.78 is 2.03. The lowest BCUT2D eigenvalue weighted by molar-refractivity contribution is 0.0991.